The van der Waals surface area contributed by atoms with Crippen LogP contribution in [0, 0.1) is 5.82 Å². The van der Waals surface area contributed by atoms with Crippen LogP contribution in [-0.2, 0) is 28.0 Å². The monoisotopic (exact) mass is 992 g/mol. The predicted molar refractivity (Wildman–Crippen MR) is 273 cm³/mol. The van der Waals surface area contributed by atoms with Gasteiger partial charge < -0.3 is 29.9 Å². The number of piperazine rings is 1. The number of anilines is 4. The number of hydrogen-bond donors (Lipinski definition) is 4. The average Bonchev–Trinajstić information content (AvgIpc) is 4.18. The average molecular weight is 993 g/mol. The number of piperidine rings is 1. The molecule has 73 heavy (non-hydrogen) atoms. The Hall–Kier alpha value is -7.61. The normalized spacial score (nSPS) is 17.6. The van der Waals surface area contributed by atoms with E-state index in [1.165, 1.54) is 15.2 Å². The molecule has 0 radical (unpaired) electrons. The lowest BCUT2D eigenvalue weighted by Crippen LogP contribution is -2.54. The Morgan fingerprint density at radius 3 is 2.33 bits per heavy atom. The first-order valence-corrected chi connectivity index (χ1v) is 24.5. The van der Waals surface area contributed by atoms with Crippen LogP contribution in [0.5, 0.6) is 0 Å². The Morgan fingerprint density at radius 1 is 0.863 bits per heavy atom. The number of imide groups is 2. The molecule has 3 fully saturated rings. The molecule has 10 rings (SSSR count). The van der Waals surface area contributed by atoms with Crippen LogP contribution in [-0.4, -0.2) is 114 Å². The zero-order chi connectivity index (χ0) is 51.5. The van der Waals surface area contributed by atoms with E-state index >= 15 is 4.39 Å². The van der Waals surface area contributed by atoms with Gasteiger partial charge in [0, 0.05) is 81.9 Å². The molecule has 6 aromatic rings. The summed E-state index contributed by atoms with van der Waals surface area (Å²) in [6.45, 7) is 11.5. The molecule has 18 nitrogen and oxygen atoms in total. The molecular formula is C54H57FN10O8. The van der Waals surface area contributed by atoms with E-state index in [4.69, 9.17) is 4.74 Å². The summed E-state index contributed by atoms with van der Waals surface area (Å²) in [5.74, 6) is -2.07. The summed E-state index contributed by atoms with van der Waals surface area (Å²) in [7, 11) is 1.60. The zero-order valence-electron chi connectivity index (χ0n) is 41.3. The third kappa shape index (κ3) is 9.74. The Labute approximate surface area is 419 Å². The number of halogens is 1. The van der Waals surface area contributed by atoms with E-state index in [1.54, 1.807) is 74.2 Å². The highest BCUT2D eigenvalue weighted by Gasteiger charge is 2.46. The second-order valence-corrected chi connectivity index (χ2v) is 20.5. The van der Waals surface area contributed by atoms with E-state index in [2.05, 4.69) is 35.7 Å². The summed E-state index contributed by atoms with van der Waals surface area (Å²) >= 11 is 0. The number of nitrogens with one attached hydrogen (secondary N) is 3. The Kier molecular flexibility index (Phi) is 12.8. The molecule has 1 atom stereocenters. The lowest BCUT2D eigenvalue weighted by molar-refractivity contribution is -0.136. The first-order valence-electron chi connectivity index (χ1n) is 24.5. The van der Waals surface area contributed by atoms with Crippen molar-refractivity contribution in [1.82, 2.24) is 34.2 Å². The molecular weight excluding hydrogens is 936 g/mol. The van der Waals surface area contributed by atoms with Crippen molar-refractivity contribution < 1.29 is 33.4 Å². The van der Waals surface area contributed by atoms with Crippen LogP contribution in [0.25, 0.3) is 27.7 Å². The number of aliphatic hydroxyl groups excluding tert-OH is 1. The van der Waals surface area contributed by atoms with Crippen LogP contribution in [0.1, 0.15) is 91.1 Å². The molecule has 1 unspecified atom stereocenters. The number of carbonyl (C=O) groups excluding carboxylic acids is 4. The molecule has 3 aliphatic heterocycles. The van der Waals surface area contributed by atoms with Gasteiger partial charge in [0.25, 0.3) is 22.9 Å². The third-order valence-corrected chi connectivity index (χ3v) is 14.0. The van der Waals surface area contributed by atoms with Gasteiger partial charge in [-0.2, -0.15) is 0 Å². The molecule has 4 N–H and O–H groups in total. The van der Waals surface area contributed by atoms with Gasteiger partial charge >= 0.3 is 0 Å². The number of hydrogen-bond acceptors (Lipinski definition) is 14. The Balaban J connectivity index is 0.756. The minimum Gasteiger partial charge on any atom is -0.392 e. The number of carbonyl (C=O) groups is 4. The van der Waals surface area contributed by atoms with E-state index in [0.717, 1.165) is 55.2 Å². The van der Waals surface area contributed by atoms with Crippen LogP contribution in [0.3, 0.4) is 0 Å². The summed E-state index contributed by atoms with van der Waals surface area (Å²) in [5, 5.41) is 19.9. The van der Waals surface area contributed by atoms with Gasteiger partial charge in [0.15, 0.2) is 5.82 Å². The molecule has 2 saturated heterocycles. The van der Waals surface area contributed by atoms with Crippen LogP contribution in [0.4, 0.5) is 27.4 Å². The van der Waals surface area contributed by atoms with Crippen molar-refractivity contribution in [2.24, 2.45) is 7.05 Å². The molecule has 1 saturated carbocycles. The maximum absolute atomic E-state index is 15.4. The summed E-state index contributed by atoms with van der Waals surface area (Å²) in [6.07, 6.45) is 7.03. The number of benzene rings is 3. The predicted octanol–water partition coefficient (Wildman–Crippen LogP) is 5.61. The largest absolute Gasteiger partial charge is 0.392 e. The fraction of sp³-hybridized carbons (Fsp3) is 0.370. The highest BCUT2D eigenvalue weighted by Crippen LogP contribution is 2.41. The van der Waals surface area contributed by atoms with E-state index < -0.39 is 64.4 Å². The molecule has 19 heteroatoms. The number of pyridine rings is 2. The Morgan fingerprint density at radius 2 is 1.62 bits per heavy atom. The lowest BCUT2D eigenvalue weighted by atomic mass is 10.0. The van der Waals surface area contributed by atoms with Crippen LogP contribution >= 0.6 is 0 Å². The van der Waals surface area contributed by atoms with E-state index in [-0.39, 0.29) is 35.2 Å². The molecule has 6 heterocycles. The summed E-state index contributed by atoms with van der Waals surface area (Å²) in [5.41, 5.74) is 2.01. The highest BCUT2D eigenvalue weighted by atomic mass is 19.1. The molecule has 378 valence electrons. The van der Waals surface area contributed by atoms with Crippen molar-refractivity contribution >= 4 is 57.4 Å². The minimum absolute atomic E-state index is 0.0110. The number of aryl methyl sites for hydroxylation is 1. The maximum Gasteiger partial charge on any atom is 0.293 e. The van der Waals surface area contributed by atoms with Crippen molar-refractivity contribution in [3.05, 3.63) is 134 Å². The van der Waals surface area contributed by atoms with Gasteiger partial charge in [-0.1, -0.05) is 24.3 Å². The smallest absolute Gasteiger partial charge is 0.293 e. The number of rotatable bonds is 15. The molecule has 0 bridgehead atoms. The fourth-order valence-electron chi connectivity index (χ4n) is 10.5. The second kappa shape index (κ2) is 19.1. The van der Waals surface area contributed by atoms with Crippen molar-refractivity contribution in [3.63, 3.8) is 0 Å². The molecule has 0 spiro atoms. The number of ether oxygens (including phenoxy) is 1. The zero-order valence-corrected chi connectivity index (χ0v) is 41.3. The van der Waals surface area contributed by atoms with Gasteiger partial charge in [-0.15, -0.1) is 0 Å². The second-order valence-electron chi connectivity index (χ2n) is 20.5. The number of nitrogens with zero attached hydrogens (tertiary/aromatic N) is 7. The first-order chi connectivity index (χ1) is 34.9. The van der Waals surface area contributed by atoms with Crippen molar-refractivity contribution in [3.8, 4) is 16.9 Å². The first kappa shape index (κ1) is 49.0. The number of aliphatic hydroxyl groups is 1. The highest BCUT2D eigenvalue weighted by molar-refractivity contribution is 6.25. The fourth-order valence-corrected chi connectivity index (χ4v) is 10.5. The van der Waals surface area contributed by atoms with E-state index in [1.807, 2.05) is 39.8 Å². The number of amides is 4. The summed E-state index contributed by atoms with van der Waals surface area (Å²) < 4.78 is 24.9. The van der Waals surface area contributed by atoms with Gasteiger partial charge in [0.05, 0.1) is 57.6 Å². The molecule has 3 aromatic carbocycles. The minimum atomic E-state index is -1.05. The molecule has 4 amide bonds. The standard InChI is InChI=1S/C54H57FN10O8/c1-53(2,29-57-39-10-6-9-36-46(39)51(71)65(49(36)69)42-15-17-44(67)60-48(42)68)73-54(3,4)30-62-20-22-63(23-21-62)34-14-16-43(56-26-34)59-47-52(72)61(5)27-40(58-47)35-8-7-11-41(37(35)28-66)64-19-18-32-24-33(31-12-13-31)25-38(55)45(32)50(64)70/h6-11,14,16,18-19,24-27,31,42,57,66H,12-13,15,17,20-23,28-30H2,1-5H3,(H,56,58,59)(H,60,67,68). The van der Waals surface area contributed by atoms with Crippen molar-refractivity contribution in [2.45, 2.75) is 83.1 Å². The quantitative estimate of drug-likeness (QED) is 0.0922. The van der Waals surface area contributed by atoms with Gasteiger partial charge in [-0.3, -0.25) is 48.5 Å². The number of aromatic nitrogens is 4. The number of fused-ring (bicyclic) bond motifs is 2. The van der Waals surface area contributed by atoms with Crippen molar-refractivity contribution in [2.75, 3.05) is 54.8 Å². The summed E-state index contributed by atoms with van der Waals surface area (Å²) in [4.78, 5) is 93.4. The lowest BCUT2D eigenvalue weighted by Gasteiger charge is -2.42. The van der Waals surface area contributed by atoms with Gasteiger partial charge in [0.1, 0.15) is 17.7 Å². The van der Waals surface area contributed by atoms with E-state index in [9.17, 15) is 33.9 Å². The van der Waals surface area contributed by atoms with Crippen LogP contribution < -0.4 is 32.0 Å². The molecule has 1 aliphatic carbocycles. The van der Waals surface area contributed by atoms with Crippen LogP contribution in [0.2, 0.25) is 0 Å². The maximum atomic E-state index is 15.4. The topological polar surface area (TPSA) is 213 Å². The van der Waals surface area contributed by atoms with Gasteiger partial charge in [-0.25, -0.2) is 14.4 Å². The molecule has 3 aromatic heterocycles. The third-order valence-electron chi connectivity index (χ3n) is 14.0. The van der Waals surface area contributed by atoms with Gasteiger partial charge in [0.2, 0.25) is 11.8 Å². The summed E-state index contributed by atoms with van der Waals surface area (Å²) in [6, 6.07) is 17.8. The van der Waals surface area contributed by atoms with Crippen LogP contribution in [0.15, 0.2) is 94.9 Å². The SMILES string of the molecule is Cn1cc(-c2cccc(-n3ccc4cc(C5CC5)cc(F)c4c3=O)c2CO)nc(Nc2ccc(N3CCN(CC(C)(C)OC(C)(C)CNc4cccc5c4C(=O)N(C4CCC(=O)NC4=O)C5=O)CC3)cn2)c1=O. The van der Waals surface area contributed by atoms with Crippen molar-refractivity contribution in [1.29, 1.82) is 0 Å². The van der Waals surface area contributed by atoms with E-state index in [0.29, 0.717) is 58.4 Å². The Bertz CT molecular complexity index is 3340. The molecule has 4 aliphatic rings. The van der Waals surface area contributed by atoms with Gasteiger partial charge in [-0.05, 0) is 106 Å².